The van der Waals surface area contributed by atoms with Crippen molar-refractivity contribution in [1.82, 2.24) is 0 Å². The summed E-state index contributed by atoms with van der Waals surface area (Å²) in [6.45, 7) is 8.08. The van der Waals surface area contributed by atoms with E-state index in [1.807, 2.05) is 0 Å². The van der Waals surface area contributed by atoms with E-state index in [9.17, 15) is 15.3 Å². The highest BCUT2D eigenvalue weighted by Crippen LogP contribution is 2.53. The maximum Gasteiger partial charge on any atom is 0.0882 e. The maximum absolute atomic E-state index is 11.0. The van der Waals surface area contributed by atoms with Crippen LogP contribution in [0.15, 0.2) is 0 Å². The first-order chi connectivity index (χ1) is 8.20. The summed E-state index contributed by atoms with van der Waals surface area (Å²) in [5.74, 6) is 0.749. The van der Waals surface area contributed by atoms with Gasteiger partial charge in [0.2, 0.25) is 0 Å². The van der Waals surface area contributed by atoms with Gasteiger partial charge >= 0.3 is 0 Å². The summed E-state index contributed by atoms with van der Waals surface area (Å²) >= 11 is 0. The first-order valence-electron chi connectivity index (χ1n) is 7.33. The van der Waals surface area contributed by atoms with Gasteiger partial charge < -0.3 is 15.3 Å². The summed E-state index contributed by atoms with van der Waals surface area (Å²) < 4.78 is 0. The van der Waals surface area contributed by atoms with Gasteiger partial charge in [-0.05, 0) is 50.4 Å². The number of rotatable bonds is 1. The molecule has 0 amide bonds. The van der Waals surface area contributed by atoms with Crippen molar-refractivity contribution in [1.29, 1.82) is 0 Å². The summed E-state index contributed by atoms with van der Waals surface area (Å²) in [4.78, 5) is 0. The monoisotopic (exact) mass is 256 g/mol. The highest BCUT2D eigenvalue weighted by Gasteiger charge is 2.59. The largest absolute Gasteiger partial charge is 0.390 e. The zero-order valence-corrected chi connectivity index (χ0v) is 12.1. The van der Waals surface area contributed by atoms with Gasteiger partial charge in [-0.2, -0.15) is 0 Å². The average molecular weight is 256 g/mol. The minimum Gasteiger partial charge on any atom is -0.390 e. The Morgan fingerprint density at radius 2 is 1.72 bits per heavy atom. The van der Waals surface area contributed by atoms with Crippen LogP contribution in [0.4, 0.5) is 0 Å². The summed E-state index contributed by atoms with van der Waals surface area (Å²) in [6.07, 6.45) is 2.33. The van der Waals surface area contributed by atoms with Crippen molar-refractivity contribution in [2.24, 2.45) is 23.7 Å². The molecular weight excluding hydrogens is 228 g/mol. The van der Waals surface area contributed by atoms with Gasteiger partial charge in [0, 0.05) is 5.92 Å². The lowest BCUT2D eigenvalue weighted by atomic mass is 9.53. The van der Waals surface area contributed by atoms with Crippen molar-refractivity contribution in [3.63, 3.8) is 0 Å². The number of aliphatic hydroxyl groups excluding tert-OH is 1. The fraction of sp³-hybridized carbons (Fsp3) is 1.00. The van der Waals surface area contributed by atoms with E-state index in [0.29, 0.717) is 24.7 Å². The van der Waals surface area contributed by atoms with Crippen molar-refractivity contribution in [3.8, 4) is 0 Å². The van der Waals surface area contributed by atoms with Crippen LogP contribution in [0.3, 0.4) is 0 Å². The van der Waals surface area contributed by atoms with Crippen molar-refractivity contribution >= 4 is 0 Å². The van der Waals surface area contributed by atoms with Crippen molar-refractivity contribution in [3.05, 3.63) is 0 Å². The van der Waals surface area contributed by atoms with Crippen LogP contribution in [0, 0.1) is 23.7 Å². The Hall–Kier alpha value is -0.120. The molecule has 0 aromatic rings. The number of hydrogen-bond donors (Lipinski definition) is 3. The molecule has 2 aliphatic carbocycles. The SMILES string of the molecule is CC(C)[C@@H]1CC[C@H](C)[C@]2(O)CC[C@@](C)(O)C(O)[C@@H]12. The second-order valence-electron chi connectivity index (χ2n) is 7.21. The Morgan fingerprint density at radius 1 is 1.11 bits per heavy atom. The van der Waals surface area contributed by atoms with Crippen molar-refractivity contribution in [2.45, 2.75) is 70.7 Å². The van der Waals surface area contributed by atoms with Crippen LogP contribution >= 0.6 is 0 Å². The quantitative estimate of drug-likeness (QED) is 0.672. The summed E-state index contributed by atoms with van der Waals surface area (Å²) in [5.41, 5.74) is -1.85. The first kappa shape index (κ1) is 14.3. The van der Waals surface area contributed by atoms with Crippen LogP contribution in [0.5, 0.6) is 0 Å². The lowest BCUT2D eigenvalue weighted by Crippen LogP contribution is -2.65. The third-order valence-electron chi connectivity index (χ3n) is 5.69. The van der Waals surface area contributed by atoms with Gasteiger partial charge in [0.25, 0.3) is 0 Å². The fourth-order valence-electron chi connectivity index (χ4n) is 4.23. The van der Waals surface area contributed by atoms with Crippen LogP contribution < -0.4 is 0 Å². The van der Waals surface area contributed by atoms with Gasteiger partial charge in [-0.25, -0.2) is 0 Å². The Labute approximate surface area is 110 Å². The molecule has 0 saturated heterocycles. The van der Waals surface area contributed by atoms with E-state index in [1.54, 1.807) is 6.92 Å². The van der Waals surface area contributed by atoms with Gasteiger partial charge in [-0.1, -0.05) is 20.8 Å². The fourth-order valence-corrected chi connectivity index (χ4v) is 4.23. The van der Waals surface area contributed by atoms with Gasteiger partial charge in [-0.15, -0.1) is 0 Å². The second-order valence-corrected chi connectivity index (χ2v) is 7.21. The molecule has 2 aliphatic rings. The standard InChI is InChI=1S/C15H28O3/c1-9(2)11-6-5-10(3)15(18)8-7-14(4,17)13(16)12(11)15/h9-13,16-18H,5-8H2,1-4H3/t10-,11-,12+,13?,14+,15+/m0/s1. The molecule has 0 aromatic heterocycles. The first-order valence-corrected chi connectivity index (χ1v) is 7.33. The molecule has 0 bridgehead atoms. The van der Waals surface area contributed by atoms with Crippen LogP contribution in [-0.4, -0.2) is 32.6 Å². The predicted molar refractivity (Wildman–Crippen MR) is 71.0 cm³/mol. The molecule has 3 nitrogen and oxygen atoms in total. The maximum atomic E-state index is 11.0. The van der Waals surface area contributed by atoms with E-state index < -0.39 is 17.3 Å². The third kappa shape index (κ3) is 2.00. The smallest absolute Gasteiger partial charge is 0.0882 e. The van der Waals surface area contributed by atoms with Crippen LogP contribution in [0.25, 0.3) is 0 Å². The molecule has 0 spiro atoms. The summed E-state index contributed by atoms with van der Waals surface area (Å²) in [6, 6.07) is 0. The van der Waals surface area contributed by atoms with Crippen molar-refractivity contribution in [2.75, 3.05) is 0 Å². The molecule has 0 aliphatic heterocycles. The minimum absolute atomic E-state index is 0.190. The Morgan fingerprint density at radius 3 is 2.28 bits per heavy atom. The number of hydrogen-bond acceptors (Lipinski definition) is 3. The molecule has 2 fully saturated rings. The molecule has 3 heteroatoms. The van der Waals surface area contributed by atoms with E-state index >= 15 is 0 Å². The zero-order chi connectivity index (χ0) is 13.7. The molecular formula is C15H28O3. The Balaban J connectivity index is 2.37. The van der Waals surface area contributed by atoms with E-state index in [-0.39, 0.29) is 11.8 Å². The molecule has 3 N–H and O–H groups in total. The normalized spacial score (nSPS) is 53.3. The average Bonchev–Trinajstić information content (AvgIpc) is 2.27. The minimum atomic E-state index is -1.05. The zero-order valence-electron chi connectivity index (χ0n) is 12.1. The van der Waals surface area contributed by atoms with E-state index in [2.05, 4.69) is 20.8 Å². The highest BCUT2D eigenvalue weighted by atomic mass is 16.3. The molecule has 0 heterocycles. The molecule has 0 radical (unpaired) electrons. The Bertz CT molecular complexity index is 311. The van der Waals surface area contributed by atoms with Gasteiger partial charge in [0.15, 0.2) is 0 Å². The van der Waals surface area contributed by atoms with E-state index in [1.165, 1.54) is 0 Å². The molecule has 106 valence electrons. The van der Waals surface area contributed by atoms with Gasteiger partial charge in [0.1, 0.15) is 0 Å². The number of aliphatic hydroxyl groups is 3. The summed E-state index contributed by atoms with van der Waals surface area (Å²) in [5, 5.41) is 31.9. The molecule has 6 atom stereocenters. The lowest BCUT2D eigenvalue weighted by molar-refractivity contribution is -0.236. The molecule has 2 saturated carbocycles. The Kier molecular flexibility index (Phi) is 3.54. The molecule has 18 heavy (non-hydrogen) atoms. The lowest BCUT2D eigenvalue weighted by Gasteiger charge is -2.57. The van der Waals surface area contributed by atoms with Crippen LogP contribution in [0.2, 0.25) is 0 Å². The molecule has 2 rings (SSSR count). The van der Waals surface area contributed by atoms with Gasteiger partial charge in [0.05, 0.1) is 17.3 Å². The third-order valence-corrected chi connectivity index (χ3v) is 5.69. The second kappa shape index (κ2) is 4.46. The van der Waals surface area contributed by atoms with Crippen LogP contribution in [0.1, 0.15) is 53.4 Å². The van der Waals surface area contributed by atoms with Gasteiger partial charge in [-0.3, -0.25) is 0 Å². The van der Waals surface area contributed by atoms with Crippen molar-refractivity contribution < 1.29 is 15.3 Å². The highest BCUT2D eigenvalue weighted by molar-refractivity contribution is 5.09. The van der Waals surface area contributed by atoms with E-state index in [4.69, 9.17) is 0 Å². The molecule has 0 aromatic carbocycles. The number of fused-ring (bicyclic) bond motifs is 1. The topological polar surface area (TPSA) is 60.7 Å². The summed E-state index contributed by atoms with van der Waals surface area (Å²) in [7, 11) is 0. The molecule has 1 unspecified atom stereocenters. The predicted octanol–water partition coefficient (Wildman–Crippen LogP) is 1.94. The van der Waals surface area contributed by atoms with Crippen LogP contribution in [-0.2, 0) is 0 Å². The van der Waals surface area contributed by atoms with E-state index in [0.717, 1.165) is 12.8 Å².